The number of hydrogen-bond acceptors (Lipinski definition) is 4. The Kier molecular flexibility index (Phi) is 6.03. The molecule has 21 heavy (non-hydrogen) atoms. The van der Waals surface area contributed by atoms with Crippen LogP contribution in [0, 0.1) is 13.8 Å². The first-order chi connectivity index (χ1) is 10.1. The molecule has 1 aliphatic rings. The van der Waals surface area contributed by atoms with Gasteiger partial charge in [0.15, 0.2) is 0 Å². The highest BCUT2D eigenvalue weighted by molar-refractivity contribution is 5.35. The predicted molar refractivity (Wildman–Crippen MR) is 83.9 cm³/mol. The number of benzene rings is 1. The SMILES string of the molecule is CCOC1CC(NCC(O)COc2cc(C)ccc2C)C1. The molecule has 0 heterocycles. The smallest absolute Gasteiger partial charge is 0.122 e. The second-order valence-electron chi connectivity index (χ2n) is 5.89. The summed E-state index contributed by atoms with van der Waals surface area (Å²) in [4.78, 5) is 0. The van der Waals surface area contributed by atoms with Gasteiger partial charge in [-0.2, -0.15) is 0 Å². The molecular weight excluding hydrogens is 266 g/mol. The van der Waals surface area contributed by atoms with Crippen LogP contribution in [-0.2, 0) is 4.74 Å². The molecule has 0 aliphatic heterocycles. The highest BCUT2D eigenvalue weighted by Crippen LogP contribution is 2.23. The van der Waals surface area contributed by atoms with Crippen molar-refractivity contribution in [3.8, 4) is 5.75 Å². The molecule has 0 radical (unpaired) electrons. The standard InChI is InChI=1S/C17H27NO3/c1-4-20-16-8-14(9-16)18-10-15(19)11-21-17-7-12(2)5-6-13(17)3/h5-7,14-16,18-19H,4,8-11H2,1-3H3. The van der Waals surface area contributed by atoms with Crippen LogP contribution in [-0.4, -0.2) is 43.1 Å². The van der Waals surface area contributed by atoms with E-state index in [1.165, 1.54) is 5.56 Å². The second kappa shape index (κ2) is 7.78. The molecule has 1 aromatic carbocycles. The molecule has 118 valence electrons. The van der Waals surface area contributed by atoms with Crippen LogP contribution in [0.15, 0.2) is 18.2 Å². The lowest BCUT2D eigenvalue weighted by atomic mass is 9.89. The van der Waals surface area contributed by atoms with Crippen LogP contribution in [0.1, 0.15) is 30.9 Å². The lowest BCUT2D eigenvalue weighted by Gasteiger charge is -2.36. The van der Waals surface area contributed by atoms with E-state index in [-0.39, 0.29) is 0 Å². The molecule has 0 saturated heterocycles. The van der Waals surface area contributed by atoms with Gasteiger partial charge in [-0.1, -0.05) is 12.1 Å². The van der Waals surface area contributed by atoms with Gasteiger partial charge in [-0.15, -0.1) is 0 Å². The number of ether oxygens (including phenoxy) is 2. The van der Waals surface area contributed by atoms with Crippen molar-refractivity contribution in [3.63, 3.8) is 0 Å². The van der Waals surface area contributed by atoms with Crippen molar-refractivity contribution in [2.24, 2.45) is 0 Å². The monoisotopic (exact) mass is 293 g/mol. The molecule has 1 aromatic rings. The van der Waals surface area contributed by atoms with Crippen LogP contribution >= 0.6 is 0 Å². The maximum atomic E-state index is 9.99. The number of nitrogens with one attached hydrogen (secondary N) is 1. The Bertz CT molecular complexity index is 444. The van der Waals surface area contributed by atoms with Gasteiger partial charge in [-0.05, 0) is 50.8 Å². The first kappa shape index (κ1) is 16.3. The zero-order valence-corrected chi connectivity index (χ0v) is 13.3. The molecule has 4 nitrogen and oxygen atoms in total. The van der Waals surface area contributed by atoms with Gasteiger partial charge in [0.2, 0.25) is 0 Å². The van der Waals surface area contributed by atoms with Gasteiger partial charge in [0.1, 0.15) is 18.5 Å². The lowest BCUT2D eigenvalue weighted by molar-refractivity contribution is -0.0134. The molecule has 1 atom stereocenters. The average Bonchev–Trinajstić information content (AvgIpc) is 2.42. The normalized spacial score (nSPS) is 22.7. The molecular formula is C17H27NO3. The first-order valence-electron chi connectivity index (χ1n) is 7.81. The van der Waals surface area contributed by atoms with Crippen molar-refractivity contribution in [2.75, 3.05) is 19.8 Å². The summed E-state index contributed by atoms with van der Waals surface area (Å²) in [7, 11) is 0. The molecule has 0 bridgehead atoms. The maximum absolute atomic E-state index is 9.99. The minimum Gasteiger partial charge on any atom is -0.491 e. The summed E-state index contributed by atoms with van der Waals surface area (Å²) in [5, 5.41) is 13.3. The van der Waals surface area contributed by atoms with Crippen molar-refractivity contribution in [1.82, 2.24) is 5.32 Å². The van der Waals surface area contributed by atoms with Crippen molar-refractivity contribution < 1.29 is 14.6 Å². The fraction of sp³-hybridized carbons (Fsp3) is 0.647. The summed E-state index contributed by atoms with van der Waals surface area (Å²) < 4.78 is 11.2. The Morgan fingerprint density at radius 3 is 2.81 bits per heavy atom. The average molecular weight is 293 g/mol. The van der Waals surface area contributed by atoms with E-state index in [1.807, 2.05) is 32.9 Å². The third kappa shape index (κ3) is 4.99. The predicted octanol–water partition coefficient (Wildman–Crippen LogP) is 2.20. The molecule has 2 rings (SSSR count). The van der Waals surface area contributed by atoms with Crippen LogP contribution in [0.4, 0.5) is 0 Å². The van der Waals surface area contributed by atoms with Crippen molar-refractivity contribution in [2.45, 2.75) is 51.9 Å². The number of aryl methyl sites for hydroxylation is 2. The zero-order valence-electron chi connectivity index (χ0n) is 13.3. The van der Waals surface area contributed by atoms with Crippen LogP contribution in [0.25, 0.3) is 0 Å². The fourth-order valence-electron chi connectivity index (χ4n) is 2.51. The number of hydrogen-bond donors (Lipinski definition) is 2. The molecule has 0 spiro atoms. The summed E-state index contributed by atoms with van der Waals surface area (Å²) in [6.45, 7) is 7.74. The Hall–Kier alpha value is -1.10. The molecule has 0 amide bonds. The topological polar surface area (TPSA) is 50.7 Å². The minimum atomic E-state index is -0.490. The van der Waals surface area contributed by atoms with Gasteiger partial charge in [-0.25, -0.2) is 0 Å². The maximum Gasteiger partial charge on any atom is 0.122 e. The van der Waals surface area contributed by atoms with E-state index in [1.54, 1.807) is 0 Å². The van der Waals surface area contributed by atoms with Crippen LogP contribution < -0.4 is 10.1 Å². The van der Waals surface area contributed by atoms with Crippen LogP contribution in [0.3, 0.4) is 0 Å². The van der Waals surface area contributed by atoms with Gasteiger partial charge >= 0.3 is 0 Å². The number of aliphatic hydroxyl groups excluding tert-OH is 1. The first-order valence-corrected chi connectivity index (χ1v) is 7.81. The molecule has 1 unspecified atom stereocenters. The van der Waals surface area contributed by atoms with E-state index in [9.17, 15) is 5.11 Å². The highest BCUT2D eigenvalue weighted by atomic mass is 16.5. The summed E-state index contributed by atoms with van der Waals surface area (Å²) in [6.07, 6.45) is 1.99. The molecule has 2 N–H and O–H groups in total. The molecule has 1 aliphatic carbocycles. The van der Waals surface area contributed by atoms with E-state index >= 15 is 0 Å². The second-order valence-corrected chi connectivity index (χ2v) is 5.89. The summed E-state index contributed by atoms with van der Waals surface area (Å²) in [5.74, 6) is 0.856. The molecule has 1 saturated carbocycles. The van der Waals surface area contributed by atoms with Gasteiger partial charge in [0.25, 0.3) is 0 Å². The molecule has 4 heteroatoms. The number of aliphatic hydroxyl groups is 1. The van der Waals surface area contributed by atoms with Crippen LogP contribution in [0.5, 0.6) is 5.75 Å². The van der Waals surface area contributed by atoms with E-state index < -0.39 is 6.10 Å². The van der Waals surface area contributed by atoms with Crippen molar-refractivity contribution in [3.05, 3.63) is 29.3 Å². The Morgan fingerprint density at radius 2 is 2.10 bits per heavy atom. The Morgan fingerprint density at radius 1 is 1.33 bits per heavy atom. The van der Waals surface area contributed by atoms with Crippen molar-refractivity contribution in [1.29, 1.82) is 0 Å². The van der Waals surface area contributed by atoms with Gasteiger partial charge < -0.3 is 19.9 Å². The van der Waals surface area contributed by atoms with Gasteiger partial charge in [0, 0.05) is 19.2 Å². The third-order valence-corrected chi connectivity index (χ3v) is 3.91. The van der Waals surface area contributed by atoms with Gasteiger partial charge in [0.05, 0.1) is 6.10 Å². The highest BCUT2D eigenvalue weighted by Gasteiger charge is 2.29. The summed E-state index contributed by atoms with van der Waals surface area (Å²) >= 11 is 0. The van der Waals surface area contributed by atoms with Crippen LogP contribution in [0.2, 0.25) is 0 Å². The molecule has 0 aromatic heterocycles. The fourth-order valence-corrected chi connectivity index (χ4v) is 2.51. The van der Waals surface area contributed by atoms with E-state index in [2.05, 4.69) is 11.4 Å². The van der Waals surface area contributed by atoms with Crippen molar-refractivity contribution >= 4 is 0 Å². The summed E-state index contributed by atoms with van der Waals surface area (Å²) in [6, 6.07) is 6.58. The quantitative estimate of drug-likeness (QED) is 0.771. The minimum absolute atomic E-state index is 0.318. The van der Waals surface area contributed by atoms with E-state index in [0.717, 1.165) is 30.8 Å². The largest absolute Gasteiger partial charge is 0.491 e. The Labute approximate surface area is 127 Å². The third-order valence-electron chi connectivity index (χ3n) is 3.91. The van der Waals surface area contributed by atoms with E-state index in [4.69, 9.17) is 9.47 Å². The van der Waals surface area contributed by atoms with Gasteiger partial charge in [-0.3, -0.25) is 0 Å². The summed E-state index contributed by atoms with van der Waals surface area (Å²) in [5.41, 5.74) is 2.26. The lowest BCUT2D eigenvalue weighted by Crippen LogP contribution is -2.48. The molecule has 1 fully saturated rings. The zero-order chi connectivity index (χ0) is 15.2. The number of rotatable bonds is 8. The Balaban J connectivity index is 1.64. The van der Waals surface area contributed by atoms with E-state index in [0.29, 0.717) is 25.3 Å².